The van der Waals surface area contributed by atoms with Crippen molar-refractivity contribution in [1.29, 1.82) is 0 Å². The number of hydrogen-bond donors (Lipinski definition) is 1. The first-order valence-electron chi connectivity index (χ1n) is 5.31. The van der Waals surface area contributed by atoms with Gasteiger partial charge < -0.3 is 10.6 Å². The zero-order valence-electron chi connectivity index (χ0n) is 9.91. The number of carbonyl (C=O) groups excluding carboxylic acids is 1. The summed E-state index contributed by atoms with van der Waals surface area (Å²) in [5.74, 6) is -0.793. The van der Waals surface area contributed by atoms with Crippen LogP contribution in [0, 0.1) is 11.7 Å². The highest BCUT2D eigenvalue weighted by molar-refractivity contribution is 6.30. The molecule has 17 heavy (non-hydrogen) atoms. The van der Waals surface area contributed by atoms with Crippen LogP contribution in [0.3, 0.4) is 0 Å². The summed E-state index contributed by atoms with van der Waals surface area (Å²) in [7, 11) is 3.37. The van der Waals surface area contributed by atoms with Crippen LogP contribution in [0.2, 0.25) is 5.02 Å². The van der Waals surface area contributed by atoms with E-state index in [1.54, 1.807) is 20.2 Å². The van der Waals surface area contributed by atoms with E-state index in [1.807, 2.05) is 0 Å². The molecule has 1 aromatic rings. The number of nitrogens with zero attached hydrogens (tertiary/aromatic N) is 1. The Kier molecular flexibility index (Phi) is 4.90. The van der Waals surface area contributed by atoms with E-state index in [0.29, 0.717) is 6.42 Å². The van der Waals surface area contributed by atoms with Crippen molar-refractivity contribution in [3.05, 3.63) is 34.6 Å². The van der Waals surface area contributed by atoms with E-state index in [2.05, 4.69) is 0 Å². The average Bonchev–Trinajstić information content (AvgIpc) is 2.29. The molecule has 0 radical (unpaired) electrons. The van der Waals surface area contributed by atoms with Crippen molar-refractivity contribution in [2.45, 2.75) is 6.42 Å². The van der Waals surface area contributed by atoms with Crippen molar-refractivity contribution in [3.8, 4) is 0 Å². The van der Waals surface area contributed by atoms with Crippen LogP contribution in [0.5, 0.6) is 0 Å². The molecule has 0 bridgehead atoms. The summed E-state index contributed by atoms with van der Waals surface area (Å²) in [5, 5.41) is 0.0653. The molecule has 0 aliphatic carbocycles. The lowest BCUT2D eigenvalue weighted by Gasteiger charge is -2.19. The van der Waals surface area contributed by atoms with E-state index >= 15 is 0 Å². The molecule has 0 fully saturated rings. The summed E-state index contributed by atoms with van der Waals surface area (Å²) in [4.78, 5) is 13.3. The molecule has 1 rings (SSSR count). The fourth-order valence-electron chi connectivity index (χ4n) is 1.59. The number of benzene rings is 1. The second kappa shape index (κ2) is 5.98. The summed E-state index contributed by atoms with van der Waals surface area (Å²) >= 11 is 5.68. The Morgan fingerprint density at radius 2 is 2.18 bits per heavy atom. The summed E-state index contributed by atoms with van der Waals surface area (Å²) in [6, 6.07) is 4.45. The molecule has 1 aromatic carbocycles. The van der Waals surface area contributed by atoms with Crippen LogP contribution in [-0.4, -0.2) is 31.4 Å². The molecule has 0 aromatic heterocycles. The van der Waals surface area contributed by atoms with Crippen molar-refractivity contribution < 1.29 is 9.18 Å². The van der Waals surface area contributed by atoms with E-state index in [-0.39, 0.29) is 23.4 Å². The third kappa shape index (κ3) is 3.68. The first-order valence-corrected chi connectivity index (χ1v) is 5.68. The molecule has 0 heterocycles. The molecular formula is C12H16ClFN2O. The van der Waals surface area contributed by atoms with Crippen molar-refractivity contribution in [3.63, 3.8) is 0 Å². The van der Waals surface area contributed by atoms with Gasteiger partial charge in [0.05, 0.1) is 10.9 Å². The van der Waals surface area contributed by atoms with Gasteiger partial charge in [0.2, 0.25) is 5.91 Å². The highest BCUT2D eigenvalue weighted by Gasteiger charge is 2.19. The van der Waals surface area contributed by atoms with E-state index in [9.17, 15) is 9.18 Å². The van der Waals surface area contributed by atoms with Crippen molar-refractivity contribution in [2.75, 3.05) is 20.6 Å². The van der Waals surface area contributed by atoms with Gasteiger partial charge >= 0.3 is 0 Å². The first kappa shape index (κ1) is 13.9. The molecule has 3 nitrogen and oxygen atoms in total. The lowest BCUT2D eigenvalue weighted by molar-refractivity contribution is -0.132. The quantitative estimate of drug-likeness (QED) is 0.893. The number of hydrogen-bond acceptors (Lipinski definition) is 2. The van der Waals surface area contributed by atoms with Crippen molar-refractivity contribution >= 4 is 17.5 Å². The molecule has 0 aliphatic heterocycles. The van der Waals surface area contributed by atoms with Gasteiger partial charge in [-0.1, -0.05) is 17.7 Å². The highest BCUT2D eigenvalue weighted by atomic mass is 35.5. The predicted octanol–water partition coefficient (Wildman–Crippen LogP) is 1.68. The standard InChI is InChI=1S/C12H16ClFN2O/c1-16(2)12(17)9(7-15)5-8-3-4-11(14)10(13)6-8/h3-4,6,9H,5,7,15H2,1-2H3. The van der Waals surface area contributed by atoms with Crippen LogP contribution in [0.1, 0.15) is 5.56 Å². The summed E-state index contributed by atoms with van der Waals surface area (Å²) in [6.45, 7) is 0.256. The van der Waals surface area contributed by atoms with Gasteiger partial charge in [0.25, 0.3) is 0 Å². The SMILES string of the molecule is CN(C)C(=O)C(CN)Cc1ccc(F)c(Cl)c1. The maximum atomic E-state index is 13.0. The minimum Gasteiger partial charge on any atom is -0.349 e. The zero-order chi connectivity index (χ0) is 13.0. The van der Waals surface area contributed by atoms with E-state index in [1.165, 1.54) is 17.0 Å². The molecule has 0 spiro atoms. The van der Waals surface area contributed by atoms with Gasteiger partial charge in [-0.25, -0.2) is 4.39 Å². The third-order valence-electron chi connectivity index (χ3n) is 2.54. The van der Waals surface area contributed by atoms with Crippen LogP contribution in [0.15, 0.2) is 18.2 Å². The van der Waals surface area contributed by atoms with E-state index in [4.69, 9.17) is 17.3 Å². The molecule has 5 heteroatoms. The third-order valence-corrected chi connectivity index (χ3v) is 2.83. The summed E-state index contributed by atoms with van der Waals surface area (Å²) in [5.41, 5.74) is 6.38. The van der Waals surface area contributed by atoms with Crippen molar-refractivity contribution in [2.24, 2.45) is 11.7 Å². The summed E-state index contributed by atoms with van der Waals surface area (Å²) in [6.07, 6.45) is 0.466. The zero-order valence-corrected chi connectivity index (χ0v) is 10.7. The maximum absolute atomic E-state index is 13.0. The first-order chi connectivity index (χ1) is 7.95. The largest absolute Gasteiger partial charge is 0.349 e. The van der Waals surface area contributed by atoms with E-state index < -0.39 is 5.82 Å². The molecule has 2 N–H and O–H groups in total. The number of carbonyl (C=O) groups is 1. The smallest absolute Gasteiger partial charge is 0.226 e. The van der Waals surface area contributed by atoms with Crippen molar-refractivity contribution in [1.82, 2.24) is 4.90 Å². The van der Waals surface area contributed by atoms with Crippen LogP contribution in [-0.2, 0) is 11.2 Å². The van der Waals surface area contributed by atoms with Crippen LogP contribution < -0.4 is 5.73 Å². The Bertz CT molecular complexity index is 409. The number of rotatable bonds is 4. The number of amides is 1. The number of halogens is 2. The van der Waals surface area contributed by atoms with Crippen LogP contribution >= 0.6 is 11.6 Å². The second-order valence-electron chi connectivity index (χ2n) is 4.12. The molecular weight excluding hydrogens is 243 g/mol. The lowest BCUT2D eigenvalue weighted by Crippen LogP contribution is -2.35. The lowest BCUT2D eigenvalue weighted by atomic mass is 9.98. The molecule has 1 atom stereocenters. The fraction of sp³-hybridized carbons (Fsp3) is 0.417. The topological polar surface area (TPSA) is 46.3 Å². The number of nitrogens with two attached hydrogens (primary N) is 1. The van der Waals surface area contributed by atoms with Gasteiger partial charge in [-0.2, -0.15) is 0 Å². The van der Waals surface area contributed by atoms with Gasteiger partial charge in [0.15, 0.2) is 0 Å². The second-order valence-corrected chi connectivity index (χ2v) is 4.53. The summed E-state index contributed by atoms with van der Waals surface area (Å²) < 4.78 is 13.0. The molecule has 0 saturated carbocycles. The Morgan fingerprint density at radius 3 is 2.65 bits per heavy atom. The van der Waals surface area contributed by atoms with E-state index in [0.717, 1.165) is 5.56 Å². The van der Waals surface area contributed by atoms with Gasteiger partial charge in [-0.05, 0) is 24.1 Å². The van der Waals surface area contributed by atoms with Crippen LogP contribution in [0.25, 0.3) is 0 Å². The Hall–Kier alpha value is -1.13. The predicted molar refractivity (Wildman–Crippen MR) is 66.4 cm³/mol. The molecule has 1 amide bonds. The monoisotopic (exact) mass is 258 g/mol. The normalized spacial score (nSPS) is 12.3. The van der Waals surface area contributed by atoms with Gasteiger partial charge in [0.1, 0.15) is 5.82 Å². The maximum Gasteiger partial charge on any atom is 0.226 e. The minimum absolute atomic E-state index is 0.0343. The van der Waals surface area contributed by atoms with Gasteiger partial charge in [0, 0.05) is 20.6 Å². The molecule has 0 aliphatic rings. The molecule has 1 unspecified atom stereocenters. The molecule has 0 saturated heterocycles. The highest BCUT2D eigenvalue weighted by Crippen LogP contribution is 2.18. The minimum atomic E-state index is -0.460. The van der Waals surface area contributed by atoms with Gasteiger partial charge in [-0.15, -0.1) is 0 Å². The average molecular weight is 259 g/mol. The van der Waals surface area contributed by atoms with Crippen LogP contribution in [0.4, 0.5) is 4.39 Å². The Labute approximate surface area is 105 Å². The Balaban J connectivity index is 2.80. The molecule has 94 valence electrons. The Morgan fingerprint density at radius 1 is 1.53 bits per heavy atom. The fourth-order valence-corrected chi connectivity index (χ4v) is 1.79. The van der Waals surface area contributed by atoms with Gasteiger partial charge in [-0.3, -0.25) is 4.79 Å².